The van der Waals surface area contributed by atoms with Crippen molar-refractivity contribution in [3.8, 4) is 0 Å². The van der Waals surface area contributed by atoms with E-state index in [1.807, 2.05) is 13.8 Å². The molecule has 1 fully saturated rings. The van der Waals surface area contributed by atoms with Gasteiger partial charge in [-0.25, -0.2) is 14.8 Å². The van der Waals surface area contributed by atoms with Crippen molar-refractivity contribution in [1.82, 2.24) is 46.1 Å². The lowest BCUT2D eigenvalue weighted by molar-refractivity contribution is -0.143. The summed E-state index contributed by atoms with van der Waals surface area (Å²) in [6.07, 6.45) is 6.63. The molecule has 0 aromatic carbocycles. The topological polar surface area (TPSA) is 342 Å². The number of aliphatic imine (C=N–C) groups is 1. The minimum atomic E-state index is -1.37. The number of aliphatic hydroxyl groups is 1. The van der Waals surface area contributed by atoms with Crippen LogP contribution in [0.5, 0.6) is 0 Å². The summed E-state index contributed by atoms with van der Waals surface area (Å²) in [4.78, 5) is 97.9. The van der Waals surface area contributed by atoms with Gasteiger partial charge in [0.2, 0.25) is 29.5 Å². The number of rotatable bonds is 21. The first kappa shape index (κ1) is 41.8. The number of carboxylic acids is 1. The summed E-state index contributed by atoms with van der Waals surface area (Å²) < 4.78 is 0. The van der Waals surface area contributed by atoms with Gasteiger partial charge in [-0.15, -0.1) is 0 Å². The number of amides is 5. The van der Waals surface area contributed by atoms with Crippen molar-refractivity contribution in [1.29, 1.82) is 0 Å². The zero-order chi connectivity index (χ0) is 39.1. The molecule has 14 N–H and O–H groups in total. The number of nitrogens with one attached hydrogen (secondary N) is 6. The van der Waals surface area contributed by atoms with Crippen LogP contribution in [0.2, 0.25) is 0 Å². The summed E-state index contributed by atoms with van der Waals surface area (Å²) >= 11 is 0. The highest BCUT2D eigenvalue weighted by Gasteiger charge is 2.39. The number of aliphatic carboxylic acids is 1. The van der Waals surface area contributed by atoms with Crippen molar-refractivity contribution >= 4 is 41.5 Å². The molecule has 0 saturated carbocycles. The van der Waals surface area contributed by atoms with Crippen LogP contribution in [0.1, 0.15) is 57.3 Å². The van der Waals surface area contributed by atoms with Crippen molar-refractivity contribution in [2.75, 3.05) is 19.7 Å². The van der Waals surface area contributed by atoms with Gasteiger partial charge in [-0.05, 0) is 38.0 Å². The average molecular weight is 746 g/mol. The predicted molar refractivity (Wildman–Crippen MR) is 189 cm³/mol. The van der Waals surface area contributed by atoms with Gasteiger partial charge in [-0.3, -0.25) is 29.0 Å². The molecule has 53 heavy (non-hydrogen) atoms. The standard InChI is InChI=1S/C32H51N13O8/c1-17(2)9-20(33)26(47)44-24(14-46)30(51)45-8-4-6-25(45)29(50)41-21(5-3-7-38-32(34)35)27(48)42-22(10-18-12-36-15-39-18)28(49)43-23(31(52)53)11-19-13-37-16-40-19/h12-13,15-17,20-25,46H,3-11,14,33H2,1-2H3,(H,36,39)(H,37,40)(H,41,50)(H,42,48)(H,43,49)(H,44,47)(H,52,53)(H4,34,35,38)/t20-,21-,22-,23-,24-,25-/m0/s1. The monoisotopic (exact) mass is 745 g/mol. The second-order valence-corrected chi connectivity index (χ2v) is 13.2. The Balaban J connectivity index is 1.79. The molecule has 1 aliphatic heterocycles. The Labute approximate surface area is 305 Å². The Hall–Kier alpha value is -5.57. The Bertz CT molecular complexity index is 1550. The zero-order valence-corrected chi connectivity index (χ0v) is 29.8. The van der Waals surface area contributed by atoms with E-state index in [1.165, 1.54) is 29.9 Å². The maximum absolute atomic E-state index is 13.9. The van der Waals surface area contributed by atoms with Crippen LogP contribution >= 0.6 is 0 Å². The number of nitrogens with two attached hydrogens (primary N) is 3. The van der Waals surface area contributed by atoms with Gasteiger partial charge in [-0.1, -0.05) is 13.8 Å². The summed E-state index contributed by atoms with van der Waals surface area (Å²) in [5, 5.41) is 30.0. The Morgan fingerprint density at radius 3 is 2.04 bits per heavy atom. The number of aliphatic hydroxyl groups excluding tert-OH is 1. The minimum Gasteiger partial charge on any atom is -0.480 e. The normalized spacial score (nSPS) is 16.8. The van der Waals surface area contributed by atoms with E-state index in [4.69, 9.17) is 17.2 Å². The summed E-state index contributed by atoms with van der Waals surface area (Å²) in [5.74, 6) is -4.97. The van der Waals surface area contributed by atoms with E-state index in [0.29, 0.717) is 24.2 Å². The van der Waals surface area contributed by atoms with E-state index < -0.39 is 78.4 Å². The Morgan fingerprint density at radius 1 is 0.906 bits per heavy atom. The lowest BCUT2D eigenvalue weighted by Crippen LogP contribution is -2.59. The number of imidazole rings is 2. The number of carbonyl (C=O) groups is 6. The number of aromatic nitrogens is 4. The van der Waals surface area contributed by atoms with Crippen LogP contribution in [-0.4, -0.2) is 132 Å². The number of aromatic amines is 2. The lowest BCUT2D eigenvalue weighted by Gasteiger charge is -2.30. The van der Waals surface area contributed by atoms with Crippen molar-refractivity contribution < 1.29 is 39.0 Å². The lowest BCUT2D eigenvalue weighted by atomic mass is 10.0. The number of hydrogen-bond donors (Lipinski definition) is 11. The average Bonchev–Trinajstić information content (AvgIpc) is 3.91. The van der Waals surface area contributed by atoms with E-state index in [0.717, 1.165) is 0 Å². The fourth-order valence-corrected chi connectivity index (χ4v) is 5.81. The molecule has 2 aromatic heterocycles. The maximum atomic E-state index is 13.9. The third-order valence-electron chi connectivity index (χ3n) is 8.48. The Kier molecular flexibility index (Phi) is 16.2. The van der Waals surface area contributed by atoms with Crippen LogP contribution in [0.4, 0.5) is 0 Å². The van der Waals surface area contributed by atoms with Crippen LogP contribution in [-0.2, 0) is 41.6 Å². The van der Waals surface area contributed by atoms with Gasteiger partial charge < -0.3 is 63.5 Å². The molecule has 2 aromatic rings. The summed E-state index contributed by atoms with van der Waals surface area (Å²) in [5.41, 5.74) is 17.7. The summed E-state index contributed by atoms with van der Waals surface area (Å²) in [6.45, 7) is 3.30. The van der Waals surface area contributed by atoms with Crippen LogP contribution in [0.3, 0.4) is 0 Å². The highest BCUT2D eigenvalue weighted by Crippen LogP contribution is 2.19. The number of likely N-dealkylation sites (tertiary alicyclic amines) is 1. The number of guanidine groups is 1. The molecule has 21 heteroatoms. The highest BCUT2D eigenvalue weighted by atomic mass is 16.4. The largest absolute Gasteiger partial charge is 0.480 e. The molecule has 0 radical (unpaired) electrons. The van der Waals surface area contributed by atoms with Gasteiger partial charge in [0, 0.05) is 49.7 Å². The molecule has 5 amide bonds. The van der Waals surface area contributed by atoms with Crippen molar-refractivity contribution in [3.05, 3.63) is 36.4 Å². The van der Waals surface area contributed by atoms with Gasteiger partial charge >= 0.3 is 5.97 Å². The van der Waals surface area contributed by atoms with Gasteiger partial charge in [0.1, 0.15) is 30.2 Å². The SMILES string of the molecule is CC(C)C[C@H](N)C(=O)N[C@@H](CO)C(=O)N1CCC[C@H]1C(=O)N[C@@H](CCCN=C(N)N)C(=O)N[C@@H](Cc1cnc[nH]1)C(=O)N[C@@H](Cc1cnc[nH]1)C(=O)O. The van der Waals surface area contributed by atoms with Crippen molar-refractivity contribution in [2.45, 2.75) is 95.0 Å². The summed E-state index contributed by atoms with van der Waals surface area (Å²) in [7, 11) is 0. The number of carbonyl (C=O) groups excluding carboxylic acids is 5. The molecule has 0 unspecified atom stereocenters. The quantitative estimate of drug-likeness (QED) is 0.0334. The fraction of sp³-hybridized carbons (Fsp3) is 0.594. The number of hydrogen-bond acceptors (Lipinski definition) is 11. The Morgan fingerprint density at radius 2 is 1.49 bits per heavy atom. The fourth-order valence-electron chi connectivity index (χ4n) is 5.81. The van der Waals surface area contributed by atoms with E-state index >= 15 is 0 Å². The second kappa shape index (κ2) is 20.5. The minimum absolute atomic E-state index is 0.00799. The first-order chi connectivity index (χ1) is 25.2. The predicted octanol–water partition coefficient (Wildman–Crippen LogP) is -3.65. The summed E-state index contributed by atoms with van der Waals surface area (Å²) in [6, 6.07) is -7.24. The number of carboxylic acid groups (broad SMARTS) is 1. The molecule has 0 bridgehead atoms. The number of H-pyrrole nitrogens is 2. The molecule has 292 valence electrons. The molecule has 3 rings (SSSR count). The maximum Gasteiger partial charge on any atom is 0.326 e. The third kappa shape index (κ3) is 13.2. The number of nitrogens with zero attached hydrogens (tertiary/aromatic N) is 4. The molecule has 6 atom stereocenters. The van der Waals surface area contributed by atoms with Gasteiger partial charge in [0.25, 0.3) is 0 Å². The van der Waals surface area contributed by atoms with Gasteiger partial charge in [0.05, 0.1) is 25.3 Å². The first-order valence-corrected chi connectivity index (χ1v) is 17.3. The molecule has 21 nitrogen and oxygen atoms in total. The molecule has 1 aliphatic rings. The molecular formula is C32H51N13O8. The van der Waals surface area contributed by atoms with E-state index in [2.05, 4.69) is 46.2 Å². The van der Waals surface area contributed by atoms with Gasteiger partial charge in [-0.2, -0.15) is 0 Å². The first-order valence-electron chi connectivity index (χ1n) is 17.3. The van der Waals surface area contributed by atoms with E-state index in [9.17, 15) is 39.0 Å². The van der Waals surface area contributed by atoms with Crippen molar-refractivity contribution in [3.63, 3.8) is 0 Å². The van der Waals surface area contributed by atoms with Crippen molar-refractivity contribution in [2.24, 2.45) is 28.1 Å². The molecule has 0 spiro atoms. The molecular weight excluding hydrogens is 694 g/mol. The molecule has 1 saturated heterocycles. The van der Waals surface area contributed by atoms with Crippen LogP contribution < -0.4 is 38.5 Å². The van der Waals surface area contributed by atoms with Crippen LogP contribution in [0.25, 0.3) is 0 Å². The second-order valence-electron chi connectivity index (χ2n) is 13.2. The van der Waals surface area contributed by atoms with E-state index in [-0.39, 0.29) is 57.1 Å². The zero-order valence-electron chi connectivity index (χ0n) is 29.8. The third-order valence-corrected chi connectivity index (χ3v) is 8.48. The van der Waals surface area contributed by atoms with Crippen LogP contribution in [0.15, 0.2) is 30.0 Å². The highest BCUT2D eigenvalue weighted by molar-refractivity contribution is 5.96. The van der Waals surface area contributed by atoms with Gasteiger partial charge in [0.15, 0.2) is 5.96 Å². The molecule has 0 aliphatic carbocycles. The van der Waals surface area contributed by atoms with E-state index in [1.54, 1.807) is 0 Å². The van der Waals surface area contributed by atoms with Crippen LogP contribution in [0, 0.1) is 5.92 Å². The smallest absolute Gasteiger partial charge is 0.326 e. The molecule has 3 heterocycles.